The van der Waals surface area contributed by atoms with Gasteiger partial charge >= 0.3 is 0 Å². The first-order valence-electron chi connectivity index (χ1n) is 9.20. The maximum atomic E-state index is 12.4. The van der Waals surface area contributed by atoms with Crippen molar-refractivity contribution in [3.05, 3.63) is 59.7 Å². The highest BCUT2D eigenvalue weighted by Gasteiger charge is 2.34. The molecule has 3 rings (SSSR count). The molecule has 0 unspecified atom stereocenters. The molecule has 1 aliphatic rings. The van der Waals surface area contributed by atoms with Gasteiger partial charge < -0.3 is 14.8 Å². The molecule has 0 spiro atoms. The Morgan fingerprint density at radius 2 is 1.92 bits per heavy atom. The van der Waals surface area contributed by atoms with Gasteiger partial charge in [0.25, 0.3) is 0 Å². The Kier molecular flexibility index (Phi) is 5.50. The minimum absolute atomic E-state index is 0.0135. The lowest BCUT2D eigenvalue weighted by molar-refractivity contribution is -0.122. The monoisotopic (exact) mass is 353 g/mol. The Balaban J connectivity index is 1.49. The van der Waals surface area contributed by atoms with Crippen molar-refractivity contribution in [1.82, 2.24) is 5.32 Å². The van der Waals surface area contributed by atoms with Crippen LogP contribution < -0.4 is 14.8 Å². The maximum absolute atomic E-state index is 12.4. The van der Waals surface area contributed by atoms with Crippen LogP contribution in [0.4, 0.5) is 0 Å². The molecule has 0 saturated carbocycles. The Labute approximate surface area is 155 Å². The number of para-hydroxylation sites is 1. The maximum Gasteiger partial charge on any atom is 0.220 e. The molecule has 0 aromatic heterocycles. The number of ether oxygens (including phenoxy) is 2. The molecule has 0 bridgehead atoms. The molecule has 0 aliphatic carbocycles. The highest BCUT2D eigenvalue weighted by Crippen LogP contribution is 2.39. The molecule has 0 fully saturated rings. The highest BCUT2D eigenvalue weighted by atomic mass is 16.5. The van der Waals surface area contributed by atoms with Crippen LogP contribution in [-0.4, -0.2) is 18.1 Å². The van der Waals surface area contributed by atoms with Crippen LogP contribution in [0, 0.1) is 6.92 Å². The topological polar surface area (TPSA) is 47.6 Å². The van der Waals surface area contributed by atoms with E-state index in [1.807, 2.05) is 55.5 Å². The fourth-order valence-corrected chi connectivity index (χ4v) is 3.25. The number of carbonyl (C=O) groups excluding carboxylic acids is 1. The second-order valence-corrected chi connectivity index (χ2v) is 7.49. The van der Waals surface area contributed by atoms with Crippen molar-refractivity contribution in [3.63, 3.8) is 0 Å². The van der Waals surface area contributed by atoms with Crippen LogP contribution in [0.5, 0.6) is 11.5 Å². The predicted octanol–water partition coefficient (Wildman–Crippen LogP) is 4.57. The zero-order chi connectivity index (χ0) is 18.6. The van der Waals surface area contributed by atoms with Crippen LogP contribution in [0.3, 0.4) is 0 Å². The molecule has 2 aromatic rings. The molecule has 138 valence electrons. The van der Waals surface area contributed by atoms with Gasteiger partial charge in [0.05, 0.1) is 12.6 Å². The van der Waals surface area contributed by atoms with E-state index in [1.165, 1.54) is 5.56 Å². The second-order valence-electron chi connectivity index (χ2n) is 7.49. The minimum atomic E-state index is -0.291. The third kappa shape index (κ3) is 4.78. The van der Waals surface area contributed by atoms with Gasteiger partial charge in [0.2, 0.25) is 5.91 Å². The van der Waals surface area contributed by atoms with E-state index in [-0.39, 0.29) is 17.6 Å². The molecule has 1 amide bonds. The van der Waals surface area contributed by atoms with Crippen molar-refractivity contribution >= 4 is 5.91 Å². The van der Waals surface area contributed by atoms with Crippen LogP contribution in [0.1, 0.15) is 50.3 Å². The molecule has 0 saturated heterocycles. The van der Waals surface area contributed by atoms with E-state index in [0.717, 1.165) is 23.5 Å². The number of amides is 1. The molecule has 26 heavy (non-hydrogen) atoms. The number of carbonyl (C=O) groups is 1. The summed E-state index contributed by atoms with van der Waals surface area (Å²) in [6.07, 6.45) is 1.90. The first-order chi connectivity index (χ1) is 12.4. The second kappa shape index (κ2) is 7.81. The molecule has 1 atom stereocenters. The quantitative estimate of drug-likeness (QED) is 0.774. The molecular formula is C22H27NO3. The number of hydrogen-bond donors (Lipinski definition) is 1. The van der Waals surface area contributed by atoms with Crippen LogP contribution in [0.2, 0.25) is 0 Å². The van der Waals surface area contributed by atoms with E-state index < -0.39 is 0 Å². The zero-order valence-electron chi connectivity index (χ0n) is 15.7. The van der Waals surface area contributed by atoms with Crippen LogP contribution in [0.25, 0.3) is 0 Å². The lowest BCUT2D eigenvalue weighted by Gasteiger charge is -2.37. The summed E-state index contributed by atoms with van der Waals surface area (Å²) in [5, 5.41) is 3.16. The van der Waals surface area contributed by atoms with E-state index in [2.05, 4.69) is 19.2 Å². The highest BCUT2D eigenvalue weighted by molar-refractivity contribution is 5.76. The molecular weight excluding hydrogens is 326 g/mol. The van der Waals surface area contributed by atoms with E-state index >= 15 is 0 Å². The largest absolute Gasteiger partial charge is 0.494 e. The van der Waals surface area contributed by atoms with Gasteiger partial charge in [-0.3, -0.25) is 4.79 Å². The summed E-state index contributed by atoms with van der Waals surface area (Å²) in [7, 11) is 0. The van der Waals surface area contributed by atoms with Gasteiger partial charge in [-0.1, -0.05) is 35.9 Å². The Bertz CT molecular complexity index is 752. The number of rotatable bonds is 6. The smallest absolute Gasteiger partial charge is 0.220 e. The number of hydrogen-bond acceptors (Lipinski definition) is 3. The number of aryl methyl sites for hydroxylation is 1. The van der Waals surface area contributed by atoms with Crippen molar-refractivity contribution in [3.8, 4) is 11.5 Å². The molecule has 1 heterocycles. The number of fused-ring (bicyclic) bond motifs is 1. The lowest BCUT2D eigenvalue weighted by atomic mass is 9.89. The summed E-state index contributed by atoms with van der Waals surface area (Å²) in [5.41, 5.74) is 1.97. The predicted molar refractivity (Wildman–Crippen MR) is 103 cm³/mol. The molecule has 4 nitrogen and oxygen atoms in total. The summed E-state index contributed by atoms with van der Waals surface area (Å²) in [5.74, 6) is 1.75. The fourth-order valence-electron chi connectivity index (χ4n) is 3.25. The van der Waals surface area contributed by atoms with E-state index in [1.54, 1.807) is 0 Å². The number of nitrogens with one attached hydrogen (secondary N) is 1. The summed E-state index contributed by atoms with van der Waals surface area (Å²) < 4.78 is 11.7. The fraction of sp³-hybridized carbons (Fsp3) is 0.409. The minimum Gasteiger partial charge on any atom is -0.494 e. The Hall–Kier alpha value is -2.49. The third-order valence-corrected chi connectivity index (χ3v) is 4.55. The standard InChI is InChI=1S/C22H27NO3/c1-16-10-12-17(13-11-16)25-14-6-9-21(24)23-19-15-22(2,3)26-20-8-5-4-7-18(19)20/h4-5,7-8,10-13,19H,6,9,14-15H2,1-3H3,(H,23,24)/t19-/m1/s1. The molecule has 2 aromatic carbocycles. The average molecular weight is 353 g/mol. The van der Waals surface area contributed by atoms with Crippen LogP contribution in [-0.2, 0) is 4.79 Å². The Morgan fingerprint density at radius 1 is 1.19 bits per heavy atom. The van der Waals surface area contributed by atoms with Crippen molar-refractivity contribution in [1.29, 1.82) is 0 Å². The van der Waals surface area contributed by atoms with E-state index in [4.69, 9.17) is 9.47 Å². The lowest BCUT2D eigenvalue weighted by Crippen LogP contribution is -2.41. The Morgan fingerprint density at radius 3 is 2.69 bits per heavy atom. The summed E-state index contributed by atoms with van der Waals surface area (Å²) >= 11 is 0. The van der Waals surface area contributed by atoms with Crippen molar-refractivity contribution in [2.24, 2.45) is 0 Å². The van der Waals surface area contributed by atoms with Crippen molar-refractivity contribution in [2.45, 2.75) is 51.7 Å². The number of benzene rings is 2. The average Bonchev–Trinajstić information content (AvgIpc) is 2.59. The van der Waals surface area contributed by atoms with E-state index in [0.29, 0.717) is 19.4 Å². The van der Waals surface area contributed by atoms with Gasteiger partial charge in [0.15, 0.2) is 0 Å². The molecule has 4 heteroatoms. The molecule has 1 N–H and O–H groups in total. The van der Waals surface area contributed by atoms with E-state index in [9.17, 15) is 4.79 Å². The van der Waals surface area contributed by atoms with Gasteiger partial charge in [0.1, 0.15) is 17.1 Å². The van der Waals surface area contributed by atoms with Crippen molar-refractivity contribution < 1.29 is 14.3 Å². The van der Waals surface area contributed by atoms with Crippen molar-refractivity contribution in [2.75, 3.05) is 6.61 Å². The zero-order valence-corrected chi connectivity index (χ0v) is 15.7. The van der Waals surface area contributed by atoms with Gasteiger partial charge in [-0.2, -0.15) is 0 Å². The van der Waals surface area contributed by atoms with Gasteiger partial charge in [0, 0.05) is 18.4 Å². The summed E-state index contributed by atoms with van der Waals surface area (Å²) in [6.45, 7) is 6.69. The van der Waals surface area contributed by atoms with Gasteiger partial charge in [-0.25, -0.2) is 0 Å². The summed E-state index contributed by atoms with van der Waals surface area (Å²) in [4.78, 5) is 12.4. The normalized spacial score (nSPS) is 17.7. The molecule has 1 aliphatic heterocycles. The summed E-state index contributed by atoms with van der Waals surface area (Å²) in [6, 6.07) is 15.9. The molecule has 0 radical (unpaired) electrons. The first kappa shape index (κ1) is 18.3. The van der Waals surface area contributed by atoms with Gasteiger partial charge in [-0.15, -0.1) is 0 Å². The van der Waals surface area contributed by atoms with Crippen LogP contribution in [0.15, 0.2) is 48.5 Å². The van der Waals surface area contributed by atoms with Crippen LogP contribution >= 0.6 is 0 Å². The van der Waals surface area contributed by atoms with Gasteiger partial charge in [-0.05, 0) is 45.4 Å². The third-order valence-electron chi connectivity index (χ3n) is 4.55. The SMILES string of the molecule is Cc1ccc(OCCCC(=O)N[C@@H]2CC(C)(C)Oc3ccccc32)cc1. The first-order valence-corrected chi connectivity index (χ1v) is 9.20.